The minimum atomic E-state index is -4.72. The smallest absolute Gasteiger partial charge is 0.480 e. The molecule has 4 nitrogen and oxygen atoms in total. The molecule has 0 aliphatic rings. The maximum atomic E-state index is 12.1. The summed E-state index contributed by atoms with van der Waals surface area (Å²) < 4.78 is 40.0. The predicted molar refractivity (Wildman–Crippen MR) is 70.9 cm³/mol. The number of hydrogen-bond acceptors (Lipinski definition) is 3. The van der Waals surface area contributed by atoms with Crippen molar-refractivity contribution in [1.29, 1.82) is 0 Å². The molecule has 0 saturated heterocycles. The first-order chi connectivity index (χ1) is 9.47. The Kier molecular flexibility index (Phi) is 5.22. The summed E-state index contributed by atoms with van der Waals surface area (Å²) in [6.45, 7) is 5.79. The van der Waals surface area contributed by atoms with Gasteiger partial charge in [-0.3, -0.25) is 9.69 Å². The molecule has 1 N–H and O–H groups in total. The highest BCUT2D eigenvalue weighted by Crippen LogP contribution is 2.24. The summed E-state index contributed by atoms with van der Waals surface area (Å²) in [6.07, 6.45) is -4.72. The van der Waals surface area contributed by atoms with Crippen molar-refractivity contribution in [2.24, 2.45) is 0 Å². The first-order valence-corrected chi connectivity index (χ1v) is 6.29. The van der Waals surface area contributed by atoms with Crippen molar-refractivity contribution in [2.45, 2.75) is 39.2 Å². The lowest BCUT2D eigenvalue weighted by molar-refractivity contribution is -0.274. The molecule has 0 radical (unpaired) electrons. The number of benzene rings is 1. The van der Waals surface area contributed by atoms with Crippen LogP contribution in [0.25, 0.3) is 0 Å². The van der Waals surface area contributed by atoms with Crippen LogP contribution in [0.3, 0.4) is 0 Å². The lowest BCUT2D eigenvalue weighted by atomic mass is 10.0. The SMILES string of the molecule is CC(C)(C)N(CC(=O)O)Cc1ccc(OC(F)(F)F)cc1. The monoisotopic (exact) mass is 305 g/mol. The second-order valence-electron chi connectivity index (χ2n) is 5.61. The first-order valence-electron chi connectivity index (χ1n) is 6.29. The minimum Gasteiger partial charge on any atom is -0.480 e. The van der Waals surface area contributed by atoms with Gasteiger partial charge in [0.15, 0.2) is 0 Å². The largest absolute Gasteiger partial charge is 0.573 e. The Labute approximate surface area is 121 Å². The fourth-order valence-electron chi connectivity index (χ4n) is 1.71. The number of aliphatic carboxylic acids is 1. The average molecular weight is 305 g/mol. The van der Waals surface area contributed by atoms with Crippen LogP contribution in [-0.4, -0.2) is 34.4 Å². The van der Waals surface area contributed by atoms with E-state index >= 15 is 0 Å². The van der Waals surface area contributed by atoms with Gasteiger partial charge in [-0.05, 0) is 38.5 Å². The lowest BCUT2D eigenvalue weighted by Gasteiger charge is -2.34. The van der Waals surface area contributed by atoms with E-state index in [1.54, 1.807) is 4.90 Å². The summed E-state index contributed by atoms with van der Waals surface area (Å²) >= 11 is 0. The van der Waals surface area contributed by atoms with E-state index < -0.39 is 12.3 Å². The molecule has 0 spiro atoms. The molecule has 1 aromatic carbocycles. The number of ether oxygens (including phenoxy) is 1. The number of carbonyl (C=O) groups is 1. The molecule has 118 valence electrons. The number of halogens is 3. The number of hydrogen-bond donors (Lipinski definition) is 1. The van der Waals surface area contributed by atoms with Crippen molar-refractivity contribution >= 4 is 5.97 Å². The molecule has 0 saturated carbocycles. The van der Waals surface area contributed by atoms with Gasteiger partial charge in [-0.15, -0.1) is 13.2 Å². The Bertz CT molecular complexity index is 478. The number of carboxylic acids is 1. The zero-order chi connectivity index (χ0) is 16.3. The van der Waals surface area contributed by atoms with Crippen LogP contribution >= 0.6 is 0 Å². The summed E-state index contributed by atoms with van der Waals surface area (Å²) in [4.78, 5) is 12.6. The molecule has 0 heterocycles. The topological polar surface area (TPSA) is 49.8 Å². The zero-order valence-corrected chi connectivity index (χ0v) is 12.1. The van der Waals surface area contributed by atoms with Crippen LogP contribution in [0.5, 0.6) is 5.75 Å². The molecule has 21 heavy (non-hydrogen) atoms. The Hall–Kier alpha value is -1.76. The highest BCUT2D eigenvalue weighted by atomic mass is 19.4. The van der Waals surface area contributed by atoms with Crippen LogP contribution in [0.15, 0.2) is 24.3 Å². The molecule has 1 rings (SSSR count). The summed E-state index contributed by atoms with van der Waals surface area (Å²) in [5.41, 5.74) is 0.334. The fourth-order valence-corrected chi connectivity index (χ4v) is 1.71. The van der Waals surface area contributed by atoms with E-state index in [9.17, 15) is 18.0 Å². The molecule has 0 aliphatic heterocycles. The van der Waals surface area contributed by atoms with Crippen molar-refractivity contribution in [1.82, 2.24) is 4.90 Å². The van der Waals surface area contributed by atoms with Gasteiger partial charge in [0.1, 0.15) is 5.75 Å². The van der Waals surface area contributed by atoms with Gasteiger partial charge < -0.3 is 9.84 Å². The van der Waals surface area contributed by atoms with Crippen LogP contribution in [-0.2, 0) is 11.3 Å². The third kappa shape index (κ3) is 6.48. The molecular formula is C14H18F3NO3. The zero-order valence-electron chi connectivity index (χ0n) is 12.1. The molecule has 0 aliphatic carbocycles. The Morgan fingerprint density at radius 2 is 1.71 bits per heavy atom. The molecule has 0 aromatic heterocycles. The van der Waals surface area contributed by atoms with Gasteiger partial charge >= 0.3 is 12.3 Å². The molecule has 0 bridgehead atoms. The van der Waals surface area contributed by atoms with Gasteiger partial charge in [-0.2, -0.15) is 0 Å². The summed E-state index contributed by atoms with van der Waals surface area (Å²) in [6, 6.07) is 5.40. The highest BCUT2D eigenvalue weighted by Gasteiger charge is 2.31. The van der Waals surface area contributed by atoms with Gasteiger partial charge in [0.2, 0.25) is 0 Å². The predicted octanol–water partition coefficient (Wildman–Crippen LogP) is 3.27. The Morgan fingerprint density at radius 1 is 1.19 bits per heavy atom. The molecule has 0 unspecified atom stereocenters. The fraction of sp³-hybridized carbons (Fsp3) is 0.500. The normalized spacial score (nSPS) is 12.5. The van der Waals surface area contributed by atoms with Gasteiger partial charge in [-0.1, -0.05) is 12.1 Å². The van der Waals surface area contributed by atoms with Crippen molar-refractivity contribution in [2.75, 3.05) is 6.54 Å². The first kappa shape index (κ1) is 17.3. The third-order valence-electron chi connectivity index (χ3n) is 2.81. The van der Waals surface area contributed by atoms with Gasteiger partial charge in [0.25, 0.3) is 0 Å². The van der Waals surface area contributed by atoms with E-state index in [-0.39, 0.29) is 17.8 Å². The van der Waals surface area contributed by atoms with Crippen LogP contribution in [0.2, 0.25) is 0 Å². The number of rotatable bonds is 5. The van der Waals surface area contributed by atoms with Crippen molar-refractivity contribution < 1.29 is 27.8 Å². The van der Waals surface area contributed by atoms with E-state index in [1.807, 2.05) is 20.8 Å². The third-order valence-corrected chi connectivity index (χ3v) is 2.81. The molecule has 0 fully saturated rings. The maximum Gasteiger partial charge on any atom is 0.573 e. The number of nitrogens with zero attached hydrogens (tertiary/aromatic N) is 1. The van der Waals surface area contributed by atoms with E-state index in [4.69, 9.17) is 5.11 Å². The van der Waals surface area contributed by atoms with E-state index in [2.05, 4.69) is 4.74 Å². The van der Waals surface area contributed by atoms with Crippen LogP contribution < -0.4 is 4.74 Å². The average Bonchev–Trinajstić information content (AvgIpc) is 2.27. The number of carboxylic acid groups (broad SMARTS) is 1. The van der Waals surface area contributed by atoms with Gasteiger partial charge in [-0.25, -0.2) is 0 Å². The summed E-state index contributed by atoms with van der Waals surface area (Å²) in [7, 11) is 0. The quantitative estimate of drug-likeness (QED) is 0.907. The van der Waals surface area contributed by atoms with Crippen LogP contribution in [0, 0.1) is 0 Å². The molecular weight excluding hydrogens is 287 g/mol. The second-order valence-corrected chi connectivity index (χ2v) is 5.61. The molecule has 7 heteroatoms. The van der Waals surface area contributed by atoms with E-state index in [0.29, 0.717) is 12.1 Å². The van der Waals surface area contributed by atoms with Crippen LogP contribution in [0.1, 0.15) is 26.3 Å². The van der Waals surface area contributed by atoms with Gasteiger partial charge in [0, 0.05) is 12.1 Å². The van der Waals surface area contributed by atoms with Crippen molar-refractivity contribution in [3.8, 4) is 5.75 Å². The highest BCUT2D eigenvalue weighted by molar-refractivity contribution is 5.69. The standard InChI is InChI=1S/C14H18F3NO3/c1-13(2,3)18(9-12(19)20)8-10-4-6-11(7-5-10)21-14(15,16)17/h4-7H,8-9H2,1-3H3,(H,19,20). The molecule has 1 aromatic rings. The second kappa shape index (κ2) is 6.34. The van der Waals surface area contributed by atoms with Crippen molar-refractivity contribution in [3.63, 3.8) is 0 Å². The van der Waals surface area contributed by atoms with E-state index in [1.165, 1.54) is 24.3 Å². The van der Waals surface area contributed by atoms with Crippen LogP contribution in [0.4, 0.5) is 13.2 Å². The Balaban J connectivity index is 2.79. The Morgan fingerprint density at radius 3 is 2.10 bits per heavy atom. The lowest BCUT2D eigenvalue weighted by Crippen LogP contribution is -2.43. The summed E-state index contributed by atoms with van der Waals surface area (Å²) in [5, 5.41) is 8.91. The number of alkyl halides is 3. The van der Waals surface area contributed by atoms with Crippen molar-refractivity contribution in [3.05, 3.63) is 29.8 Å². The molecule has 0 amide bonds. The van der Waals surface area contributed by atoms with E-state index in [0.717, 1.165) is 0 Å². The molecule has 0 atom stereocenters. The summed E-state index contributed by atoms with van der Waals surface area (Å²) in [5.74, 6) is -1.26. The van der Waals surface area contributed by atoms with Gasteiger partial charge in [0.05, 0.1) is 6.54 Å². The minimum absolute atomic E-state index is 0.149. The maximum absolute atomic E-state index is 12.1.